The molecule has 2 heterocycles. The molecule has 0 bridgehead atoms. The van der Waals surface area contributed by atoms with Gasteiger partial charge >= 0.3 is 0 Å². The normalized spacial score (nSPS) is 17.1. The first-order chi connectivity index (χ1) is 14.8. The summed E-state index contributed by atoms with van der Waals surface area (Å²) in [4.78, 5) is 12.9. The molecule has 10 heteroatoms. The van der Waals surface area contributed by atoms with Crippen LogP contribution in [0.5, 0.6) is 0 Å². The van der Waals surface area contributed by atoms with Gasteiger partial charge in [0.05, 0.1) is 10.9 Å². The van der Waals surface area contributed by atoms with Crippen LogP contribution in [0.15, 0.2) is 47.4 Å². The van der Waals surface area contributed by atoms with Gasteiger partial charge in [-0.3, -0.25) is 4.79 Å². The van der Waals surface area contributed by atoms with E-state index in [1.807, 2.05) is 13.0 Å². The van der Waals surface area contributed by atoms with Crippen LogP contribution >= 0.6 is 22.9 Å². The van der Waals surface area contributed by atoms with Crippen LogP contribution in [0.1, 0.15) is 44.8 Å². The maximum atomic E-state index is 13.4. The zero-order valence-corrected chi connectivity index (χ0v) is 19.4. The van der Waals surface area contributed by atoms with E-state index in [0.717, 1.165) is 23.3 Å². The van der Waals surface area contributed by atoms with Crippen molar-refractivity contribution in [2.24, 2.45) is 0 Å². The molecule has 0 radical (unpaired) electrons. The summed E-state index contributed by atoms with van der Waals surface area (Å²) in [6, 6.07) is 11.7. The van der Waals surface area contributed by atoms with Crippen molar-refractivity contribution in [1.82, 2.24) is 14.5 Å². The van der Waals surface area contributed by atoms with Crippen LogP contribution in [0.4, 0.5) is 5.69 Å². The predicted octanol–water partition coefficient (Wildman–Crippen LogP) is 4.59. The summed E-state index contributed by atoms with van der Waals surface area (Å²) in [5, 5.41) is 12.1. The van der Waals surface area contributed by atoms with Crippen molar-refractivity contribution in [3.05, 3.63) is 68.6 Å². The van der Waals surface area contributed by atoms with Crippen LogP contribution in [0.25, 0.3) is 0 Å². The average molecular weight is 477 g/mol. The minimum Gasteiger partial charge on any atom is -0.320 e. The minimum atomic E-state index is -3.69. The van der Waals surface area contributed by atoms with E-state index in [-0.39, 0.29) is 5.01 Å². The number of benzene rings is 2. The van der Waals surface area contributed by atoms with Gasteiger partial charge in [-0.1, -0.05) is 46.7 Å². The van der Waals surface area contributed by atoms with E-state index in [9.17, 15) is 13.2 Å². The Morgan fingerprint density at radius 2 is 2.00 bits per heavy atom. The molecule has 1 N–H and O–H groups in total. The Hall–Kier alpha value is -2.33. The smallest absolute Gasteiger partial charge is 0.286 e. The van der Waals surface area contributed by atoms with E-state index in [2.05, 4.69) is 15.5 Å². The standard InChI is InChI=1S/C21H21ClN4O3S2/c1-13-8-9-18(14(2)11-13)31(28,29)26-10-4-7-17(26)20-24-25-21(30-20)19(27)23-16-6-3-5-15(22)12-16/h3,5-6,8-9,11-12,17H,4,7,10H2,1-2H3,(H,23,27)/t17-/m0/s1. The lowest BCUT2D eigenvalue weighted by Crippen LogP contribution is -2.31. The Kier molecular flexibility index (Phi) is 6.11. The molecule has 1 saturated heterocycles. The first-order valence-corrected chi connectivity index (χ1v) is 12.4. The van der Waals surface area contributed by atoms with Gasteiger partial charge in [-0.05, 0) is 56.5 Å². The summed E-state index contributed by atoms with van der Waals surface area (Å²) in [6.07, 6.45) is 1.35. The lowest BCUT2D eigenvalue weighted by Gasteiger charge is -2.23. The molecule has 1 atom stereocenters. The van der Waals surface area contributed by atoms with Crippen LogP contribution in [0.2, 0.25) is 5.02 Å². The van der Waals surface area contributed by atoms with Gasteiger partial charge in [0, 0.05) is 17.3 Å². The number of aromatic nitrogens is 2. The maximum absolute atomic E-state index is 13.4. The predicted molar refractivity (Wildman–Crippen MR) is 121 cm³/mol. The second kappa shape index (κ2) is 8.66. The van der Waals surface area contributed by atoms with Crippen molar-refractivity contribution in [3.63, 3.8) is 0 Å². The number of rotatable bonds is 5. The molecule has 4 rings (SSSR count). The second-order valence-electron chi connectivity index (χ2n) is 7.45. The van der Waals surface area contributed by atoms with Crippen LogP contribution < -0.4 is 5.32 Å². The largest absolute Gasteiger partial charge is 0.320 e. The summed E-state index contributed by atoms with van der Waals surface area (Å²) >= 11 is 7.06. The molecule has 7 nitrogen and oxygen atoms in total. The Morgan fingerprint density at radius 3 is 2.74 bits per heavy atom. The molecule has 2 aromatic carbocycles. The number of sulfonamides is 1. The zero-order chi connectivity index (χ0) is 22.2. The first kappa shape index (κ1) is 21.9. The van der Waals surface area contributed by atoms with Crippen LogP contribution in [-0.2, 0) is 10.0 Å². The van der Waals surface area contributed by atoms with E-state index in [4.69, 9.17) is 11.6 Å². The number of hydrogen-bond donors (Lipinski definition) is 1. The molecule has 1 aromatic heterocycles. The van der Waals surface area contributed by atoms with Gasteiger partial charge in [0.25, 0.3) is 5.91 Å². The molecule has 1 amide bonds. The number of amides is 1. The zero-order valence-electron chi connectivity index (χ0n) is 17.0. The third-order valence-electron chi connectivity index (χ3n) is 5.12. The van der Waals surface area contributed by atoms with Crippen molar-refractivity contribution in [2.75, 3.05) is 11.9 Å². The highest BCUT2D eigenvalue weighted by molar-refractivity contribution is 7.89. The summed E-state index contributed by atoms with van der Waals surface area (Å²) in [7, 11) is -3.69. The number of carbonyl (C=O) groups excluding carboxylic acids is 1. The fourth-order valence-electron chi connectivity index (χ4n) is 3.70. The van der Waals surface area contributed by atoms with Gasteiger partial charge in [-0.25, -0.2) is 8.42 Å². The fourth-order valence-corrected chi connectivity index (χ4v) is 6.71. The van der Waals surface area contributed by atoms with E-state index >= 15 is 0 Å². The van der Waals surface area contributed by atoms with Crippen molar-refractivity contribution >= 4 is 44.6 Å². The Labute approximate surface area is 190 Å². The summed E-state index contributed by atoms with van der Waals surface area (Å²) < 4.78 is 28.2. The van der Waals surface area contributed by atoms with E-state index in [0.29, 0.717) is 39.1 Å². The third-order valence-corrected chi connectivity index (χ3v) is 8.45. The van der Waals surface area contributed by atoms with Gasteiger partial charge < -0.3 is 5.32 Å². The topological polar surface area (TPSA) is 92.3 Å². The average Bonchev–Trinajstić information content (AvgIpc) is 3.37. The maximum Gasteiger partial charge on any atom is 0.286 e. The van der Waals surface area contributed by atoms with Crippen molar-refractivity contribution in [1.29, 1.82) is 0 Å². The van der Waals surface area contributed by atoms with Gasteiger partial charge in [-0.15, -0.1) is 10.2 Å². The molecule has 162 valence electrons. The molecule has 0 aliphatic carbocycles. The highest BCUT2D eigenvalue weighted by atomic mass is 35.5. The van der Waals surface area contributed by atoms with Crippen molar-refractivity contribution < 1.29 is 13.2 Å². The number of anilines is 1. The van der Waals surface area contributed by atoms with E-state index < -0.39 is 22.0 Å². The molecule has 0 saturated carbocycles. The molecule has 1 aliphatic rings. The lowest BCUT2D eigenvalue weighted by molar-refractivity contribution is 0.102. The quantitative estimate of drug-likeness (QED) is 0.581. The second-order valence-corrected chi connectivity index (χ2v) is 10.8. The van der Waals surface area contributed by atoms with Gasteiger partial charge in [0.15, 0.2) is 0 Å². The van der Waals surface area contributed by atoms with Crippen molar-refractivity contribution in [2.45, 2.75) is 37.6 Å². The first-order valence-electron chi connectivity index (χ1n) is 9.75. The molecule has 3 aromatic rings. The van der Waals surface area contributed by atoms with Gasteiger partial charge in [0.1, 0.15) is 5.01 Å². The van der Waals surface area contributed by atoms with Crippen molar-refractivity contribution in [3.8, 4) is 0 Å². The fraction of sp³-hybridized carbons (Fsp3) is 0.286. The Balaban J connectivity index is 1.57. The Bertz CT molecular complexity index is 1240. The summed E-state index contributed by atoms with van der Waals surface area (Å²) in [6.45, 7) is 4.14. The van der Waals surface area contributed by atoms with E-state index in [1.165, 1.54) is 4.31 Å². The summed E-state index contributed by atoms with van der Waals surface area (Å²) in [5.41, 5.74) is 2.27. The van der Waals surface area contributed by atoms with Crippen LogP contribution in [0.3, 0.4) is 0 Å². The molecule has 0 spiro atoms. The number of carbonyl (C=O) groups is 1. The summed E-state index contributed by atoms with van der Waals surface area (Å²) in [5.74, 6) is -0.409. The van der Waals surface area contributed by atoms with Crippen LogP contribution in [0, 0.1) is 13.8 Å². The number of nitrogens with one attached hydrogen (secondary N) is 1. The number of aryl methyl sites for hydroxylation is 2. The highest BCUT2D eigenvalue weighted by Gasteiger charge is 2.39. The van der Waals surface area contributed by atoms with Crippen LogP contribution in [-0.4, -0.2) is 35.4 Å². The SMILES string of the molecule is Cc1ccc(S(=O)(=O)N2CCC[C@H]2c2nnc(C(=O)Nc3cccc(Cl)c3)s2)c(C)c1. The molecule has 1 aliphatic heterocycles. The van der Waals surface area contributed by atoms with Gasteiger partial charge in [-0.2, -0.15) is 4.31 Å². The molecular weight excluding hydrogens is 456 g/mol. The number of halogens is 1. The Morgan fingerprint density at radius 1 is 1.19 bits per heavy atom. The minimum absolute atomic E-state index is 0.172. The third kappa shape index (κ3) is 4.50. The molecular formula is C21H21ClN4O3S2. The van der Waals surface area contributed by atoms with Gasteiger partial charge in [0.2, 0.25) is 15.0 Å². The molecule has 31 heavy (non-hydrogen) atoms. The number of nitrogens with zero attached hydrogens (tertiary/aromatic N) is 3. The highest BCUT2D eigenvalue weighted by Crippen LogP contribution is 2.38. The molecule has 0 unspecified atom stereocenters. The lowest BCUT2D eigenvalue weighted by atomic mass is 10.2. The molecule has 1 fully saturated rings. The van der Waals surface area contributed by atoms with E-state index in [1.54, 1.807) is 43.3 Å². The monoisotopic (exact) mass is 476 g/mol. The number of hydrogen-bond acceptors (Lipinski definition) is 6.